The van der Waals surface area contributed by atoms with Gasteiger partial charge in [0.1, 0.15) is 5.75 Å². The number of ether oxygens (including phenoxy) is 1. The number of rotatable bonds is 7. The molecule has 154 valence electrons. The van der Waals surface area contributed by atoms with Crippen molar-refractivity contribution in [2.45, 2.75) is 39.2 Å². The standard InChI is InChI=1S/C23H21ClN2O4/c1-13(2)29-20-10-7-15(12-19(20)24)23-25-22(26-30-23)18-5-3-4-16-14(6-9-17(16)18)8-11-21(27)28/h3-7,10,12-13H,8-9,11H2,1-2H3,(H,27,28). The zero-order chi connectivity index (χ0) is 21.3. The zero-order valence-electron chi connectivity index (χ0n) is 16.7. The fourth-order valence-corrected chi connectivity index (χ4v) is 3.79. The molecule has 0 bridgehead atoms. The Hall–Kier alpha value is -3.12. The number of hydrogen-bond donors (Lipinski definition) is 1. The normalized spacial score (nSPS) is 12.7. The van der Waals surface area contributed by atoms with Gasteiger partial charge in [0.25, 0.3) is 5.89 Å². The third-order valence-electron chi connectivity index (χ3n) is 4.89. The summed E-state index contributed by atoms with van der Waals surface area (Å²) >= 11 is 6.33. The van der Waals surface area contributed by atoms with E-state index in [4.69, 9.17) is 26.0 Å². The lowest BCUT2D eigenvalue weighted by atomic mass is 9.98. The predicted molar refractivity (Wildman–Crippen MR) is 114 cm³/mol. The van der Waals surface area contributed by atoms with E-state index >= 15 is 0 Å². The molecule has 1 aliphatic rings. The highest BCUT2D eigenvalue weighted by Gasteiger charge is 2.21. The van der Waals surface area contributed by atoms with Gasteiger partial charge in [-0.25, -0.2) is 0 Å². The first kappa shape index (κ1) is 20.2. The molecule has 0 saturated carbocycles. The van der Waals surface area contributed by atoms with Crippen molar-refractivity contribution in [2.75, 3.05) is 0 Å². The van der Waals surface area contributed by atoms with Gasteiger partial charge in [0.15, 0.2) is 0 Å². The molecule has 30 heavy (non-hydrogen) atoms. The fraction of sp³-hybridized carbons (Fsp3) is 0.261. The molecule has 0 amide bonds. The summed E-state index contributed by atoms with van der Waals surface area (Å²) in [5.41, 5.74) is 4.78. The lowest BCUT2D eigenvalue weighted by molar-refractivity contribution is -0.136. The summed E-state index contributed by atoms with van der Waals surface area (Å²) in [6, 6.07) is 11.3. The van der Waals surface area contributed by atoms with Crippen molar-refractivity contribution in [1.29, 1.82) is 0 Å². The summed E-state index contributed by atoms with van der Waals surface area (Å²) in [6.45, 7) is 3.88. The lowest BCUT2D eigenvalue weighted by Crippen LogP contribution is -2.05. The molecule has 0 atom stereocenters. The van der Waals surface area contributed by atoms with Crippen LogP contribution in [0.3, 0.4) is 0 Å². The summed E-state index contributed by atoms with van der Waals surface area (Å²) < 4.78 is 11.2. The van der Waals surface area contributed by atoms with Gasteiger partial charge in [-0.05, 0) is 61.6 Å². The third kappa shape index (κ3) is 4.09. The number of aromatic nitrogens is 2. The Morgan fingerprint density at radius 2 is 2.07 bits per heavy atom. The van der Waals surface area contributed by atoms with Crippen LogP contribution in [0.25, 0.3) is 28.4 Å². The van der Waals surface area contributed by atoms with Crippen LogP contribution in [0, 0.1) is 0 Å². The Morgan fingerprint density at radius 3 is 2.80 bits per heavy atom. The number of allylic oxidation sites excluding steroid dienone is 2. The van der Waals surface area contributed by atoms with Gasteiger partial charge < -0.3 is 14.4 Å². The SMILES string of the molecule is CC(C)Oc1ccc(-c2nc(-c3cccc4c3CC=C4CCC(=O)O)no2)cc1Cl. The van der Waals surface area contributed by atoms with Crippen molar-refractivity contribution < 1.29 is 19.2 Å². The first-order chi connectivity index (χ1) is 14.4. The van der Waals surface area contributed by atoms with Gasteiger partial charge in [-0.2, -0.15) is 4.98 Å². The maximum Gasteiger partial charge on any atom is 0.303 e. The van der Waals surface area contributed by atoms with Crippen LogP contribution in [0.1, 0.15) is 37.8 Å². The van der Waals surface area contributed by atoms with Crippen molar-refractivity contribution in [2.24, 2.45) is 0 Å². The second-order valence-corrected chi connectivity index (χ2v) is 7.80. The van der Waals surface area contributed by atoms with E-state index in [0.29, 0.717) is 34.5 Å². The van der Waals surface area contributed by atoms with Crippen molar-refractivity contribution in [3.8, 4) is 28.6 Å². The number of halogens is 1. The molecular formula is C23H21ClN2O4. The van der Waals surface area contributed by atoms with Crippen molar-refractivity contribution in [1.82, 2.24) is 10.1 Å². The van der Waals surface area contributed by atoms with Crippen LogP contribution in [-0.2, 0) is 11.2 Å². The number of nitrogens with zero attached hydrogens (tertiary/aromatic N) is 2. The fourth-order valence-electron chi connectivity index (χ4n) is 3.56. The number of hydrogen-bond acceptors (Lipinski definition) is 5. The average molecular weight is 425 g/mol. The molecule has 1 heterocycles. The number of fused-ring (bicyclic) bond motifs is 1. The van der Waals surface area contributed by atoms with Gasteiger partial charge in [0, 0.05) is 17.5 Å². The van der Waals surface area contributed by atoms with Crippen LogP contribution >= 0.6 is 11.6 Å². The summed E-state index contributed by atoms with van der Waals surface area (Å²) in [7, 11) is 0. The van der Waals surface area contributed by atoms with E-state index < -0.39 is 5.97 Å². The Kier molecular flexibility index (Phi) is 5.59. The van der Waals surface area contributed by atoms with E-state index in [1.807, 2.05) is 38.1 Å². The van der Waals surface area contributed by atoms with Crippen LogP contribution in [0.4, 0.5) is 0 Å². The molecule has 0 radical (unpaired) electrons. The molecule has 0 unspecified atom stereocenters. The number of carboxylic acids is 1. The van der Waals surface area contributed by atoms with Gasteiger partial charge in [-0.15, -0.1) is 0 Å². The lowest BCUT2D eigenvalue weighted by Gasteiger charge is -2.11. The molecule has 6 nitrogen and oxygen atoms in total. The highest BCUT2D eigenvalue weighted by Crippen LogP contribution is 2.37. The molecule has 0 saturated heterocycles. The minimum absolute atomic E-state index is 0.0255. The Bertz CT molecular complexity index is 1130. The Balaban J connectivity index is 1.60. The summed E-state index contributed by atoms with van der Waals surface area (Å²) in [5, 5.41) is 13.6. The maximum atomic E-state index is 10.9. The summed E-state index contributed by atoms with van der Waals surface area (Å²) in [6.07, 6.45) is 3.44. The molecule has 1 N–H and O–H groups in total. The minimum Gasteiger partial charge on any atom is -0.489 e. The molecule has 2 aromatic carbocycles. The molecule has 4 rings (SSSR count). The molecular weight excluding hydrogens is 404 g/mol. The average Bonchev–Trinajstić information content (AvgIpc) is 3.34. The smallest absolute Gasteiger partial charge is 0.303 e. The highest BCUT2D eigenvalue weighted by molar-refractivity contribution is 6.32. The zero-order valence-corrected chi connectivity index (χ0v) is 17.4. The second kappa shape index (κ2) is 8.32. The first-order valence-corrected chi connectivity index (χ1v) is 10.1. The molecule has 0 spiro atoms. The van der Waals surface area contributed by atoms with Crippen LogP contribution in [0.5, 0.6) is 5.75 Å². The van der Waals surface area contributed by atoms with Crippen LogP contribution in [0.2, 0.25) is 5.02 Å². The Labute approximate surface area is 179 Å². The van der Waals surface area contributed by atoms with Gasteiger partial charge in [0.2, 0.25) is 5.82 Å². The highest BCUT2D eigenvalue weighted by atomic mass is 35.5. The number of carbonyl (C=O) groups is 1. The number of aliphatic carboxylic acids is 1. The van der Waals surface area contributed by atoms with E-state index in [0.717, 1.165) is 28.7 Å². The van der Waals surface area contributed by atoms with Crippen molar-refractivity contribution in [3.05, 3.63) is 58.6 Å². The maximum absolute atomic E-state index is 10.9. The molecule has 3 aromatic rings. The Morgan fingerprint density at radius 1 is 1.27 bits per heavy atom. The van der Waals surface area contributed by atoms with E-state index in [1.54, 1.807) is 12.1 Å². The topological polar surface area (TPSA) is 85.5 Å². The molecule has 0 aliphatic heterocycles. The first-order valence-electron chi connectivity index (χ1n) is 9.76. The van der Waals surface area contributed by atoms with Crippen molar-refractivity contribution >= 4 is 23.1 Å². The quantitative estimate of drug-likeness (QED) is 0.527. The van der Waals surface area contributed by atoms with E-state index in [1.165, 1.54) is 0 Å². The van der Waals surface area contributed by atoms with Gasteiger partial charge in [-0.1, -0.05) is 41.0 Å². The van der Waals surface area contributed by atoms with E-state index in [2.05, 4.69) is 16.2 Å². The summed E-state index contributed by atoms with van der Waals surface area (Å²) in [5.74, 6) is 0.675. The van der Waals surface area contributed by atoms with Crippen LogP contribution < -0.4 is 4.74 Å². The van der Waals surface area contributed by atoms with Gasteiger partial charge >= 0.3 is 5.97 Å². The van der Waals surface area contributed by atoms with Gasteiger partial charge in [0.05, 0.1) is 11.1 Å². The molecule has 0 fully saturated rings. The molecule has 1 aliphatic carbocycles. The third-order valence-corrected chi connectivity index (χ3v) is 5.19. The second-order valence-electron chi connectivity index (χ2n) is 7.39. The van der Waals surface area contributed by atoms with Crippen molar-refractivity contribution in [3.63, 3.8) is 0 Å². The predicted octanol–water partition coefficient (Wildman–Crippen LogP) is 5.65. The summed E-state index contributed by atoms with van der Waals surface area (Å²) in [4.78, 5) is 15.5. The monoisotopic (exact) mass is 424 g/mol. The number of benzene rings is 2. The molecule has 1 aromatic heterocycles. The van der Waals surface area contributed by atoms with Gasteiger partial charge in [-0.3, -0.25) is 4.79 Å². The van der Waals surface area contributed by atoms with E-state index in [9.17, 15) is 4.79 Å². The molecule has 7 heteroatoms. The largest absolute Gasteiger partial charge is 0.489 e. The van der Waals surface area contributed by atoms with Crippen LogP contribution in [0.15, 0.2) is 47.0 Å². The van der Waals surface area contributed by atoms with E-state index in [-0.39, 0.29) is 12.5 Å². The minimum atomic E-state index is -0.799. The van der Waals surface area contributed by atoms with Crippen LogP contribution in [-0.4, -0.2) is 27.3 Å². The number of carboxylic acid groups (broad SMARTS) is 1.